The van der Waals surface area contributed by atoms with Crippen LogP contribution in [0.4, 0.5) is 4.39 Å². The first-order valence-corrected chi connectivity index (χ1v) is 7.42. The first-order chi connectivity index (χ1) is 9.67. The Hall–Kier alpha value is -1.14. The van der Waals surface area contributed by atoms with Crippen LogP contribution in [0.3, 0.4) is 0 Å². The van der Waals surface area contributed by atoms with Crippen LogP contribution in [-0.2, 0) is 11.3 Å². The van der Waals surface area contributed by atoms with Crippen molar-refractivity contribution >= 4 is 21.9 Å². The van der Waals surface area contributed by atoms with E-state index in [1.54, 1.807) is 13.1 Å². The van der Waals surface area contributed by atoms with Crippen LogP contribution >= 0.6 is 15.9 Å². The Balaban J connectivity index is 2.36. The van der Waals surface area contributed by atoms with Gasteiger partial charge in [0.15, 0.2) is 5.96 Å². The van der Waals surface area contributed by atoms with Gasteiger partial charge in [-0.05, 0) is 37.1 Å². The van der Waals surface area contributed by atoms with E-state index in [0.717, 1.165) is 36.2 Å². The monoisotopic (exact) mass is 345 g/mol. The zero-order valence-corrected chi connectivity index (χ0v) is 13.5. The van der Waals surface area contributed by atoms with Crippen LogP contribution in [0.2, 0.25) is 0 Å². The first kappa shape index (κ1) is 16.9. The van der Waals surface area contributed by atoms with Crippen LogP contribution in [0.25, 0.3) is 0 Å². The highest BCUT2D eigenvalue weighted by Gasteiger charge is 2.03. The number of halogens is 2. The predicted octanol–water partition coefficient (Wildman–Crippen LogP) is 2.68. The minimum atomic E-state index is -0.246. The molecule has 20 heavy (non-hydrogen) atoms. The second-order valence-corrected chi connectivity index (χ2v) is 4.99. The first-order valence-electron chi connectivity index (χ1n) is 6.63. The number of hydrogen-bond acceptors (Lipinski definition) is 2. The van der Waals surface area contributed by atoms with Crippen molar-refractivity contribution in [1.29, 1.82) is 0 Å². The van der Waals surface area contributed by atoms with Crippen LogP contribution in [0.1, 0.15) is 18.9 Å². The summed E-state index contributed by atoms with van der Waals surface area (Å²) < 4.78 is 19.3. The highest BCUT2D eigenvalue weighted by molar-refractivity contribution is 9.10. The molecule has 2 N–H and O–H groups in total. The molecule has 1 rings (SSSR count). The van der Waals surface area contributed by atoms with E-state index in [0.29, 0.717) is 12.5 Å². The molecule has 0 fully saturated rings. The van der Waals surface area contributed by atoms with E-state index < -0.39 is 0 Å². The molecule has 1 aromatic rings. The summed E-state index contributed by atoms with van der Waals surface area (Å²) in [7, 11) is 1.71. The summed E-state index contributed by atoms with van der Waals surface area (Å²) in [5.74, 6) is 0.447. The Kier molecular flexibility index (Phi) is 8.22. The summed E-state index contributed by atoms with van der Waals surface area (Å²) in [5, 5.41) is 6.33. The van der Waals surface area contributed by atoms with Crippen molar-refractivity contribution in [3.05, 3.63) is 34.1 Å². The van der Waals surface area contributed by atoms with Gasteiger partial charge in [0.1, 0.15) is 5.82 Å². The lowest BCUT2D eigenvalue weighted by atomic mass is 10.2. The summed E-state index contributed by atoms with van der Waals surface area (Å²) >= 11 is 3.40. The molecule has 0 saturated carbocycles. The molecular weight excluding hydrogens is 325 g/mol. The molecule has 6 heteroatoms. The normalized spacial score (nSPS) is 11.5. The summed E-state index contributed by atoms with van der Waals surface area (Å²) in [6.07, 6.45) is 0.915. The van der Waals surface area contributed by atoms with Gasteiger partial charge < -0.3 is 15.4 Å². The average Bonchev–Trinajstić information content (AvgIpc) is 2.45. The van der Waals surface area contributed by atoms with Crippen LogP contribution in [-0.4, -0.2) is 32.8 Å². The number of aliphatic imine (C=N–C) groups is 1. The molecular formula is C14H21BrFN3O. The lowest BCUT2D eigenvalue weighted by molar-refractivity contribution is 0.145. The summed E-state index contributed by atoms with van der Waals surface area (Å²) in [6, 6.07) is 4.62. The maximum atomic E-state index is 13.2. The van der Waals surface area contributed by atoms with Gasteiger partial charge in [0.05, 0.1) is 0 Å². The van der Waals surface area contributed by atoms with Gasteiger partial charge in [-0.3, -0.25) is 4.99 Å². The molecule has 0 spiro atoms. The Morgan fingerprint density at radius 3 is 2.90 bits per heavy atom. The van der Waals surface area contributed by atoms with Gasteiger partial charge in [-0.25, -0.2) is 4.39 Å². The second kappa shape index (κ2) is 9.72. The molecule has 112 valence electrons. The molecule has 0 aliphatic heterocycles. The number of hydrogen-bond donors (Lipinski definition) is 2. The molecule has 0 amide bonds. The standard InChI is InChI=1S/C14H21BrFN3O/c1-3-20-8-4-7-18-14(17-2)19-10-11-9-12(16)5-6-13(11)15/h5-6,9H,3-4,7-8,10H2,1-2H3,(H2,17,18,19). The number of benzene rings is 1. The maximum absolute atomic E-state index is 13.2. The van der Waals surface area contributed by atoms with E-state index >= 15 is 0 Å². The van der Waals surface area contributed by atoms with Gasteiger partial charge in [-0.15, -0.1) is 0 Å². The zero-order chi connectivity index (χ0) is 14.8. The molecule has 0 aliphatic carbocycles. The molecule has 4 nitrogen and oxygen atoms in total. The van der Waals surface area contributed by atoms with Crippen LogP contribution in [0.15, 0.2) is 27.7 Å². The van der Waals surface area contributed by atoms with E-state index in [9.17, 15) is 4.39 Å². The summed E-state index contributed by atoms with van der Waals surface area (Å²) in [6.45, 7) is 4.73. The topological polar surface area (TPSA) is 45.6 Å². The van der Waals surface area contributed by atoms with Crippen LogP contribution in [0, 0.1) is 5.82 Å². The number of ether oxygens (including phenoxy) is 1. The van der Waals surface area contributed by atoms with Crippen molar-refractivity contribution in [2.45, 2.75) is 19.9 Å². The van der Waals surface area contributed by atoms with Crippen molar-refractivity contribution in [3.8, 4) is 0 Å². The Morgan fingerprint density at radius 1 is 1.40 bits per heavy atom. The molecule has 0 heterocycles. The fraction of sp³-hybridized carbons (Fsp3) is 0.500. The quantitative estimate of drug-likeness (QED) is 0.453. The Labute approximate surface area is 127 Å². The number of nitrogens with zero attached hydrogens (tertiary/aromatic N) is 1. The Morgan fingerprint density at radius 2 is 2.20 bits per heavy atom. The smallest absolute Gasteiger partial charge is 0.191 e. The lowest BCUT2D eigenvalue weighted by Gasteiger charge is -2.12. The number of rotatable bonds is 7. The van der Waals surface area contributed by atoms with Gasteiger partial charge in [0, 0.05) is 37.8 Å². The third-order valence-corrected chi connectivity index (χ3v) is 3.41. The molecule has 0 saturated heterocycles. The number of nitrogens with one attached hydrogen (secondary N) is 2. The number of guanidine groups is 1. The second-order valence-electron chi connectivity index (χ2n) is 4.14. The molecule has 0 unspecified atom stereocenters. The van der Waals surface area contributed by atoms with Crippen molar-refractivity contribution < 1.29 is 9.13 Å². The van der Waals surface area contributed by atoms with Crippen molar-refractivity contribution in [2.24, 2.45) is 4.99 Å². The Bertz CT molecular complexity index is 440. The average molecular weight is 346 g/mol. The van der Waals surface area contributed by atoms with E-state index in [4.69, 9.17) is 4.74 Å². The fourth-order valence-corrected chi connectivity index (χ4v) is 1.99. The van der Waals surface area contributed by atoms with Gasteiger partial charge in [0.2, 0.25) is 0 Å². The van der Waals surface area contributed by atoms with E-state index in [1.807, 2.05) is 6.92 Å². The van der Waals surface area contributed by atoms with E-state index in [2.05, 4.69) is 31.6 Å². The molecule has 0 aromatic heterocycles. The molecule has 0 bridgehead atoms. The minimum Gasteiger partial charge on any atom is -0.382 e. The van der Waals surface area contributed by atoms with E-state index in [1.165, 1.54) is 12.1 Å². The largest absolute Gasteiger partial charge is 0.382 e. The lowest BCUT2D eigenvalue weighted by Crippen LogP contribution is -2.37. The van der Waals surface area contributed by atoms with Crippen molar-refractivity contribution in [1.82, 2.24) is 10.6 Å². The zero-order valence-electron chi connectivity index (χ0n) is 11.9. The fourth-order valence-electron chi connectivity index (χ4n) is 1.60. The maximum Gasteiger partial charge on any atom is 0.191 e. The highest BCUT2D eigenvalue weighted by Crippen LogP contribution is 2.17. The predicted molar refractivity (Wildman–Crippen MR) is 83.4 cm³/mol. The highest BCUT2D eigenvalue weighted by atomic mass is 79.9. The van der Waals surface area contributed by atoms with Crippen molar-refractivity contribution in [3.63, 3.8) is 0 Å². The van der Waals surface area contributed by atoms with Crippen LogP contribution < -0.4 is 10.6 Å². The summed E-state index contributed by atoms with van der Waals surface area (Å²) in [5.41, 5.74) is 0.849. The summed E-state index contributed by atoms with van der Waals surface area (Å²) in [4.78, 5) is 4.12. The third kappa shape index (κ3) is 6.34. The molecule has 0 radical (unpaired) electrons. The van der Waals surface area contributed by atoms with Gasteiger partial charge in [-0.2, -0.15) is 0 Å². The third-order valence-electron chi connectivity index (χ3n) is 2.64. The van der Waals surface area contributed by atoms with Gasteiger partial charge >= 0.3 is 0 Å². The molecule has 0 atom stereocenters. The van der Waals surface area contributed by atoms with Gasteiger partial charge in [0.25, 0.3) is 0 Å². The SMILES string of the molecule is CCOCCCNC(=NC)NCc1cc(F)ccc1Br. The van der Waals surface area contributed by atoms with E-state index in [-0.39, 0.29) is 5.82 Å². The van der Waals surface area contributed by atoms with Crippen LogP contribution in [0.5, 0.6) is 0 Å². The van der Waals surface area contributed by atoms with Crippen molar-refractivity contribution in [2.75, 3.05) is 26.8 Å². The minimum absolute atomic E-state index is 0.246. The van der Waals surface area contributed by atoms with Gasteiger partial charge in [-0.1, -0.05) is 15.9 Å². The molecule has 0 aliphatic rings. The molecule has 1 aromatic carbocycles.